The van der Waals surface area contributed by atoms with Gasteiger partial charge >= 0.3 is 0 Å². The summed E-state index contributed by atoms with van der Waals surface area (Å²) in [5, 5.41) is 3.90. The van der Waals surface area contributed by atoms with Gasteiger partial charge in [0.05, 0.1) is 11.7 Å². The first-order chi connectivity index (χ1) is 6.29. The van der Waals surface area contributed by atoms with Gasteiger partial charge < -0.3 is 15.0 Å². The van der Waals surface area contributed by atoms with Crippen LogP contribution in [0.2, 0.25) is 5.15 Å². The fourth-order valence-corrected chi connectivity index (χ4v) is 1.80. The lowest BCUT2D eigenvalue weighted by Gasteiger charge is -2.21. The second kappa shape index (κ2) is 3.55. The van der Waals surface area contributed by atoms with Crippen molar-refractivity contribution in [1.82, 2.24) is 5.16 Å². The molecule has 1 fully saturated rings. The molecule has 1 atom stereocenters. The van der Waals surface area contributed by atoms with Crippen LogP contribution in [0.25, 0.3) is 0 Å². The molecule has 1 aromatic heterocycles. The van der Waals surface area contributed by atoms with E-state index >= 15 is 0 Å². The highest BCUT2D eigenvalue weighted by atomic mass is 35.5. The first-order valence-corrected chi connectivity index (χ1v) is 4.69. The molecule has 1 unspecified atom stereocenters. The summed E-state index contributed by atoms with van der Waals surface area (Å²) in [5.41, 5.74) is 6.29. The second-order valence-corrected chi connectivity index (χ2v) is 3.46. The number of ether oxygens (including phenoxy) is 1. The van der Waals surface area contributed by atoms with Gasteiger partial charge in [-0.2, -0.15) is 0 Å². The van der Waals surface area contributed by atoms with Crippen molar-refractivity contribution in [2.45, 2.75) is 25.4 Å². The molecule has 1 saturated heterocycles. The number of aromatic nitrogens is 1. The van der Waals surface area contributed by atoms with Crippen molar-refractivity contribution in [3.05, 3.63) is 10.7 Å². The van der Waals surface area contributed by atoms with Crippen molar-refractivity contribution in [1.29, 1.82) is 0 Å². The maximum absolute atomic E-state index is 5.81. The van der Waals surface area contributed by atoms with Gasteiger partial charge in [0.15, 0.2) is 5.15 Å². The molecule has 72 valence electrons. The van der Waals surface area contributed by atoms with Crippen LogP contribution in [0.1, 0.15) is 30.9 Å². The zero-order valence-corrected chi connectivity index (χ0v) is 7.88. The summed E-state index contributed by atoms with van der Waals surface area (Å²) in [7, 11) is 0. The Bertz CT molecular complexity index is 275. The highest BCUT2D eigenvalue weighted by molar-refractivity contribution is 6.30. The quantitative estimate of drug-likeness (QED) is 0.758. The van der Waals surface area contributed by atoms with Crippen molar-refractivity contribution in [3.8, 4) is 0 Å². The summed E-state index contributed by atoms with van der Waals surface area (Å²) in [6, 6.07) is 0. The van der Waals surface area contributed by atoms with E-state index in [2.05, 4.69) is 5.16 Å². The normalized spacial score (nSPS) is 23.3. The Balaban J connectivity index is 2.22. The molecular formula is C8H11ClN2O2. The van der Waals surface area contributed by atoms with Gasteiger partial charge in [-0.15, -0.1) is 0 Å². The van der Waals surface area contributed by atoms with Crippen LogP contribution in [0.3, 0.4) is 0 Å². The van der Waals surface area contributed by atoms with E-state index in [1.54, 1.807) is 0 Å². The zero-order chi connectivity index (χ0) is 9.26. The molecule has 1 aromatic rings. The van der Waals surface area contributed by atoms with Crippen LogP contribution in [0.4, 0.5) is 5.88 Å². The van der Waals surface area contributed by atoms with Crippen LogP contribution >= 0.6 is 11.6 Å². The van der Waals surface area contributed by atoms with E-state index in [0.717, 1.165) is 25.9 Å². The summed E-state index contributed by atoms with van der Waals surface area (Å²) in [6.45, 7) is 0.756. The molecule has 1 aliphatic rings. The average Bonchev–Trinajstić information content (AvgIpc) is 2.48. The SMILES string of the molecule is Nc1onc(Cl)c1C1CCCCO1. The molecule has 0 bridgehead atoms. The number of rotatable bonds is 1. The molecule has 4 nitrogen and oxygen atoms in total. The van der Waals surface area contributed by atoms with Crippen LogP contribution in [0.15, 0.2) is 4.52 Å². The Kier molecular flexibility index (Phi) is 2.42. The molecule has 1 aliphatic heterocycles. The standard InChI is InChI=1S/C8H11ClN2O2/c9-7-6(8(10)13-11-7)5-3-1-2-4-12-5/h5H,1-4,10H2. The molecule has 0 amide bonds. The van der Waals surface area contributed by atoms with Crippen LogP contribution in [-0.4, -0.2) is 11.8 Å². The van der Waals surface area contributed by atoms with Gasteiger partial charge in [-0.25, -0.2) is 0 Å². The number of anilines is 1. The van der Waals surface area contributed by atoms with E-state index < -0.39 is 0 Å². The van der Waals surface area contributed by atoms with Gasteiger partial charge in [-0.3, -0.25) is 0 Å². The topological polar surface area (TPSA) is 61.3 Å². The lowest BCUT2D eigenvalue weighted by molar-refractivity contribution is 0.0152. The molecule has 13 heavy (non-hydrogen) atoms. The molecule has 2 heterocycles. The number of nitrogen functional groups attached to an aromatic ring is 1. The minimum Gasteiger partial charge on any atom is -0.373 e. The van der Waals surface area contributed by atoms with Gasteiger partial charge in [0.1, 0.15) is 0 Å². The minimum absolute atomic E-state index is 0.0347. The van der Waals surface area contributed by atoms with Crippen LogP contribution in [0.5, 0.6) is 0 Å². The van der Waals surface area contributed by atoms with Gasteiger partial charge in [-0.05, 0) is 19.3 Å². The van der Waals surface area contributed by atoms with Gasteiger partial charge in [-0.1, -0.05) is 16.8 Å². The van der Waals surface area contributed by atoms with E-state index in [1.165, 1.54) is 0 Å². The second-order valence-electron chi connectivity index (χ2n) is 3.11. The lowest BCUT2D eigenvalue weighted by atomic mass is 10.0. The van der Waals surface area contributed by atoms with Gasteiger partial charge in [0.25, 0.3) is 0 Å². The summed E-state index contributed by atoms with van der Waals surface area (Å²) in [5.74, 6) is 0.275. The maximum atomic E-state index is 5.81. The van der Waals surface area contributed by atoms with E-state index in [0.29, 0.717) is 10.7 Å². The highest BCUT2D eigenvalue weighted by Crippen LogP contribution is 2.35. The molecule has 0 radical (unpaired) electrons. The number of nitrogens with zero attached hydrogens (tertiary/aromatic N) is 1. The first-order valence-electron chi connectivity index (χ1n) is 4.31. The van der Waals surface area contributed by atoms with Crippen LogP contribution in [0, 0.1) is 0 Å². The third-order valence-corrected chi connectivity index (χ3v) is 2.49. The number of halogens is 1. The van der Waals surface area contributed by atoms with Crippen LogP contribution in [-0.2, 0) is 4.74 Å². The summed E-state index contributed by atoms with van der Waals surface area (Å²) >= 11 is 5.81. The third kappa shape index (κ3) is 1.64. The molecule has 0 spiro atoms. The summed E-state index contributed by atoms with van der Waals surface area (Å²) < 4.78 is 10.3. The monoisotopic (exact) mass is 202 g/mol. The number of nitrogens with two attached hydrogens (primary N) is 1. The maximum Gasteiger partial charge on any atom is 0.229 e. The zero-order valence-electron chi connectivity index (χ0n) is 7.12. The third-order valence-electron chi connectivity index (χ3n) is 2.21. The molecule has 2 N–H and O–H groups in total. The molecule has 0 aliphatic carbocycles. The van der Waals surface area contributed by atoms with E-state index in [-0.39, 0.29) is 12.0 Å². The Morgan fingerprint density at radius 3 is 2.85 bits per heavy atom. The molecule has 2 rings (SSSR count). The Morgan fingerprint density at radius 2 is 2.31 bits per heavy atom. The van der Waals surface area contributed by atoms with Gasteiger partial charge in [0, 0.05) is 6.61 Å². The Labute approximate surface area is 81.0 Å². The van der Waals surface area contributed by atoms with E-state index in [4.69, 9.17) is 26.6 Å². The van der Waals surface area contributed by atoms with E-state index in [9.17, 15) is 0 Å². The fourth-order valence-electron chi connectivity index (χ4n) is 1.55. The largest absolute Gasteiger partial charge is 0.373 e. The fraction of sp³-hybridized carbons (Fsp3) is 0.625. The first kappa shape index (κ1) is 8.84. The Morgan fingerprint density at radius 1 is 1.46 bits per heavy atom. The highest BCUT2D eigenvalue weighted by Gasteiger charge is 2.24. The molecule has 0 saturated carbocycles. The predicted molar refractivity (Wildman–Crippen MR) is 48.5 cm³/mol. The summed E-state index contributed by atoms with van der Waals surface area (Å²) in [6.07, 6.45) is 3.13. The van der Waals surface area contributed by atoms with Crippen molar-refractivity contribution in [2.24, 2.45) is 0 Å². The molecular weight excluding hydrogens is 192 g/mol. The average molecular weight is 203 g/mol. The number of hydrogen-bond donors (Lipinski definition) is 1. The number of hydrogen-bond acceptors (Lipinski definition) is 4. The summed E-state index contributed by atoms with van der Waals surface area (Å²) in [4.78, 5) is 0. The van der Waals surface area contributed by atoms with Crippen molar-refractivity contribution in [2.75, 3.05) is 12.3 Å². The minimum atomic E-state index is -0.0347. The van der Waals surface area contributed by atoms with Crippen LogP contribution < -0.4 is 5.73 Å². The van der Waals surface area contributed by atoms with Gasteiger partial charge in [0.2, 0.25) is 5.88 Å². The molecule has 0 aromatic carbocycles. The molecule has 5 heteroatoms. The van der Waals surface area contributed by atoms with Crippen molar-refractivity contribution < 1.29 is 9.26 Å². The van der Waals surface area contributed by atoms with E-state index in [1.807, 2.05) is 0 Å². The lowest BCUT2D eigenvalue weighted by Crippen LogP contribution is -2.12. The van der Waals surface area contributed by atoms with Crippen molar-refractivity contribution in [3.63, 3.8) is 0 Å². The predicted octanol–water partition coefficient (Wildman–Crippen LogP) is 2.15. The smallest absolute Gasteiger partial charge is 0.229 e. The van der Waals surface area contributed by atoms with Crippen molar-refractivity contribution >= 4 is 17.5 Å². The Hall–Kier alpha value is -0.740.